The summed E-state index contributed by atoms with van der Waals surface area (Å²) in [6.07, 6.45) is -2.71. The molecule has 1 aromatic carbocycles. The van der Waals surface area contributed by atoms with Crippen molar-refractivity contribution < 1.29 is 18.0 Å². The minimum absolute atomic E-state index is 0.0175. The second kappa shape index (κ2) is 8.88. The molecule has 158 valence electrons. The number of halogens is 3. The average molecular weight is 408 g/mol. The molecule has 0 N–H and O–H groups in total. The van der Waals surface area contributed by atoms with Crippen LogP contribution in [0.5, 0.6) is 0 Å². The Morgan fingerprint density at radius 3 is 2.28 bits per heavy atom. The monoisotopic (exact) mass is 408 g/mol. The van der Waals surface area contributed by atoms with Crippen molar-refractivity contribution in [3.05, 3.63) is 36.0 Å². The Morgan fingerprint density at radius 1 is 1.07 bits per heavy atom. The lowest BCUT2D eigenvalue weighted by Gasteiger charge is -2.39. The Morgan fingerprint density at radius 2 is 1.69 bits per heavy atom. The number of hydrogen-bond acceptors (Lipinski definition) is 3. The van der Waals surface area contributed by atoms with E-state index < -0.39 is 11.9 Å². The van der Waals surface area contributed by atoms with Gasteiger partial charge in [0.2, 0.25) is 0 Å². The molecule has 8 heteroatoms. The quantitative estimate of drug-likeness (QED) is 0.725. The second-order valence-electron chi connectivity index (χ2n) is 7.29. The molecule has 1 aliphatic rings. The van der Waals surface area contributed by atoms with E-state index in [0.717, 1.165) is 32.0 Å². The molecule has 1 aromatic heterocycles. The van der Waals surface area contributed by atoms with E-state index in [1.54, 1.807) is 29.2 Å². The summed E-state index contributed by atoms with van der Waals surface area (Å²) in [5.74, 6) is 0. The van der Waals surface area contributed by atoms with Crippen LogP contribution in [-0.2, 0) is 6.18 Å². The molecule has 0 bridgehead atoms. The van der Waals surface area contributed by atoms with Gasteiger partial charge in [0.15, 0.2) is 0 Å². The van der Waals surface area contributed by atoms with E-state index in [0.29, 0.717) is 42.8 Å². The van der Waals surface area contributed by atoms with Crippen molar-refractivity contribution in [1.82, 2.24) is 14.8 Å². The molecule has 29 heavy (non-hydrogen) atoms. The van der Waals surface area contributed by atoms with Crippen LogP contribution in [0.4, 0.5) is 23.7 Å². The van der Waals surface area contributed by atoms with Crippen molar-refractivity contribution in [1.29, 1.82) is 0 Å². The summed E-state index contributed by atoms with van der Waals surface area (Å²) >= 11 is 0. The first-order valence-corrected chi connectivity index (χ1v) is 10.1. The Labute approximate surface area is 169 Å². The Bertz CT molecular complexity index is 841. The molecule has 0 unspecified atom stereocenters. The van der Waals surface area contributed by atoms with E-state index in [9.17, 15) is 18.0 Å². The van der Waals surface area contributed by atoms with Crippen molar-refractivity contribution in [2.75, 3.05) is 44.2 Å². The SMILES string of the molecule is CCCN(CCC)C(=O)N1CCN(c2cc(C(F)(F)F)nc3ccccc23)CC1. The van der Waals surface area contributed by atoms with Crippen molar-refractivity contribution >= 4 is 22.6 Å². The van der Waals surface area contributed by atoms with E-state index in [4.69, 9.17) is 0 Å². The highest BCUT2D eigenvalue weighted by Gasteiger charge is 2.34. The van der Waals surface area contributed by atoms with Crippen LogP contribution in [0.15, 0.2) is 30.3 Å². The van der Waals surface area contributed by atoms with Crippen LogP contribution in [0.1, 0.15) is 32.4 Å². The minimum atomic E-state index is -4.50. The number of pyridine rings is 1. The zero-order valence-corrected chi connectivity index (χ0v) is 16.9. The van der Waals surface area contributed by atoms with Crippen LogP contribution >= 0.6 is 0 Å². The molecule has 0 spiro atoms. The van der Waals surface area contributed by atoms with Gasteiger partial charge in [-0.3, -0.25) is 0 Å². The molecule has 0 radical (unpaired) electrons. The number of fused-ring (bicyclic) bond motifs is 1. The number of nitrogens with zero attached hydrogens (tertiary/aromatic N) is 4. The van der Waals surface area contributed by atoms with Gasteiger partial charge in [-0.15, -0.1) is 0 Å². The van der Waals surface area contributed by atoms with Crippen molar-refractivity contribution in [2.45, 2.75) is 32.9 Å². The van der Waals surface area contributed by atoms with Gasteiger partial charge in [0, 0.05) is 50.3 Å². The minimum Gasteiger partial charge on any atom is -0.367 e. The second-order valence-corrected chi connectivity index (χ2v) is 7.29. The van der Waals surface area contributed by atoms with Crippen molar-refractivity contribution in [3.63, 3.8) is 0 Å². The van der Waals surface area contributed by atoms with Crippen LogP contribution in [0.2, 0.25) is 0 Å². The van der Waals surface area contributed by atoms with Gasteiger partial charge in [0.05, 0.1) is 5.52 Å². The smallest absolute Gasteiger partial charge is 0.367 e. The van der Waals surface area contributed by atoms with Gasteiger partial charge in [-0.05, 0) is 25.0 Å². The maximum absolute atomic E-state index is 13.3. The number of carbonyl (C=O) groups excluding carboxylic acids is 1. The number of carbonyl (C=O) groups is 1. The number of anilines is 1. The van der Waals surface area contributed by atoms with E-state index >= 15 is 0 Å². The number of urea groups is 1. The van der Waals surface area contributed by atoms with Crippen LogP contribution in [-0.4, -0.2) is 60.1 Å². The molecular weight excluding hydrogens is 381 g/mol. The summed E-state index contributed by atoms with van der Waals surface area (Å²) in [6.45, 7) is 7.47. The fourth-order valence-electron chi connectivity index (χ4n) is 3.75. The fraction of sp³-hybridized carbons (Fsp3) is 0.524. The molecule has 2 aromatic rings. The average Bonchev–Trinajstić information content (AvgIpc) is 2.72. The predicted molar refractivity (Wildman–Crippen MR) is 108 cm³/mol. The third-order valence-corrected chi connectivity index (χ3v) is 5.13. The summed E-state index contributed by atoms with van der Waals surface area (Å²) in [5, 5.41) is 0.693. The predicted octanol–water partition coefficient (Wildman–Crippen LogP) is 4.62. The maximum atomic E-state index is 13.3. The highest BCUT2D eigenvalue weighted by Crippen LogP contribution is 2.35. The largest absolute Gasteiger partial charge is 0.433 e. The van der Waals surface area contributed by atoms with E-state index in [2.05, 4.69) is 4.98 Å². The molecule has 0 saturated carbocycles. The summed E-state index contributed by atoms with van der Waals surface area (Å²) in [6, 6.07) is 8.02. The number of amides is 2. The summed E-state index contributed by atoms with van der Waals surface area (Å²) in [4.78, 5) is 22.2. The molecule has 2 heterocycles. The van der Waals surface area contributed by atoms with Crippen molar-refractivity contribution in [3.8, 4) is 0 Å². The van der Waals surface area contributed by atoms with Gasteiger partial charge in [-0.2, -0.15) is 13.2 Å². The van der Waals surface area contributed by atoms with E-state index in [-0.39, 0.29) is 6.03 Å². The maximum Gasteiger partial charge on any atom is 0.433 e. The van der Waals surface area contributed by atoms with Crippen LogP contribution in [0, 0.1) is 0 Å². The molecular formula is C21H27F3N4O. The van der Waals surface area contributed by atoms with Gasteiger partial charge in [-0.25, -0.2) is 9.78 Å². The first kappa shape index (κ1) is 21.2. The molecule has 1 aliphatic heterocycles. The third-order valence-electron chi connectivity index (χ3n) is 5.13. The Kier molecular flexibility index (Phi) is 6.49. The topological polar surface area (TPSA) is 39.7 Å². The number of alkyl halides is 3. The number of aromatic nitrogens is 1. The zero-order valence-electron chi connectivity index (χ0n) is 16.9. The highest BCUT2D eigenvalue weighted by molar-refractivity contribution is 5.92. The van der Waals surface area contributed by atoms with E-state index in [1.807, 2.05) is 23.6 Å². The summed E-state index contributed by atoms with van der Waals surface area (Å²) in [7, 11) is 0. The first-order valence-electron chi connectivity index (χ1n) is 10.1. The molecule has 0 atom stereocenters. The van der Waals surface area contributed by atoms with Crippen LogP contribution in [0.3, 0.4) is 0 Å². The Hall–Kier alpha value is -2.51. The summed E-state index contributed by atoms with van der Waals surface area (Å²) in [5.41, 5.74) is -0.0383. The first-order chi connectivity index (χ1) is 13.8. The zero-order chi connectivity index (χ0) is 21.0. The fourth-order valence-corrected chi connectivity index (χ4v) is 3.75. The number of rotatable bonds is 5. The summed E-state index contributed by atoms with van der Waals surface area (Å²) < 4.78 is 40.0. The van der Waals surface area contributed by atoms with E-state index in [1.165, 1.54) is 0 Å². The molecule has 1 saturated heterocycles. The number of benzene rings is 1. The molecule has 5 nitrogen and oxygen atoms in total. The van der Waals surface area contributed by atoms with Crippen LogP contribution < -0.4 is 4.90 Å². The normalized spacial score (nSPS) is 15.1. The number of para-hydroxylation sites is 1. The lowest BCUT2D eigenvalue weighted by atomic mass is 10.1. The lowest BCUT2D eigenvalue weighted by molar-refractivity contribution is -0.140. The van der Waals surface area contributed by atoms with Gasteiger partial charge in [-0.1, -0.05) is 32.0 Å². The van der Waals surface area contributed by atoms with Gasteiger partial charge in [0.25, 0.3) is 0 Å². The highest BCUT2D eigenvalue weighted by atomic mass is 19.4. The molecule has 0 aliphatic carbocycles. The third kappa shape index (κ3) is 4.74. The molecule has 1 fully saturated rings. The lowest BCUT2D eigenvalue weighted by Crippen LogP contribution is -2.53. The molecule has 2 amide bonds. The van der Waals surface area contributed by atoms with Gasteiger partial charge < -0.3 is 14.7 Å². The standard InChI is InChI=1S/C21H27F3N4O/c1-3-9-27(10-4-2)20(29)28-13-11-26(12-14-28)18-15-19(21(22,23)24)25-17-8-6-5-7-16(17)18/h5-8,15H,3-4,9-14H2,1-2H3. The van der Waals surface area contributed by atoms with Gasteiger partial charge in [0.1, 0.15) is 5.69 Å². The molecule has 3 rings (SSSR count). The number of hydrogen-bond donors (Lipinski definition) is 0. The Balaban J connectivity index is 1.80. The van der Waals surface area contributed by atoms with Gasteiger partial charge >= 0.3 is 12.2 Å². The number of piperazine rings is 1. The van der Waals surface area contributed by atoms with Crippen LogP contribution in [0.25, 0.3) is 10.9 Å². The van der Waals surface area contributed by atoms with Crippen molar-refractivity contribution in [2.24, 2.45) is 0 Å².